The maximum atomic E-state index is 13.9. The molecule has 92 valence electrons. The number of anilines is 1. The first-order chi connectivity index (χ1) is 8.11. The van der Waals surface area contributed by atoms with Gasteiger partial charge in [-0.1, -0.05) is 18.9 Å². The lowest BCUT2D eigenvalue weighted by atomic mass is 10.0. The van der Waals surface area contributed by atoms with Crippen molar-refractivity contribution in [1.82, 2.24) is 5.32 Å². The average Bonchev–Trinajstić information content (AvgIpc) is 2.29. The molecule has 0 radical (unpaired) electrons. The van der Waals surface area contributed by atoms with Gasteiger partial charge in [-0.2, -0.15) is 0 Å². The highest BCUT2D eigenvalue weighted by molar-refractivity contribution is 5.55. The van der Waals surface area contributed by atoms with Crippen molar-refractivity contribution in [3.8, 4) is 12.3 Å². The zero-order chi connectivity index (χ0) is 12.8. The summed E-state index contributed by atoms with van der Waals surface area (Å²) in [5.74, 6) is 2.37. The molecule has 17 heavy (non-hydrogen) atoms. The molecule has 0 fully saturated rings. The lowest BCUT2D eigenvalue weighted by Crippen LogP contribution is -2.24. The van der Waals surface area contributed by atoms with E-state index in [1.165, 1.54) is 6.07 Å². The molecule has 1 aromatic carbocycles. The standard InChI is InChI=1S/C14H19FN2/c1-5-10-17(4)13-9-7-8-12(15)14(13)11(3)16-6-2/h1,7-9,11,16H,6,10H2,2-4H3. The minimum atomic E-state index is -0.195. The summed E-state index contributed by atoms with van der Waals surface area (Å²) in [5.41, 5.74) is 1.52. The van der Waals surface area contributed by atoms with Crippen LogP contribution >= 0.6 is 0 Å². The molecule has 1 unspecified atom stereocenters. The second-order valence-electron chi connectivity index (χ2n) is 4.01. The minimum Gasteiger partial charge on any atom is -0.363 e. The molecule has 1 rings (SSSR count). The van der Waals surface area contributed by atoms with E-state index in [-0.39, 0.29) is 11.9 Å². The number of hydrogen-bond donors (Lipinski definition) is 1. The largest absolute Gasteiger partial charge is 0.363 e. The van der Waals surface area contributed by atoms with Crippen molar-refractivity contribution >= 4 is 5.69 Å². The van der Waals surface area contributed by atoms with Crippen LogP contribution in [0, 0.1) is 18.2 Å². The van der Waals surface area contributed by atoms with Crippen LogP contribution in [0.15, 0.2) is 18.2 Å². The van der Waals surface area contributed by atoms with E-state index in [0.717, 1.165) is 12.2 Å². The molecule has 0 heterocycles. The molecule has 0 aromatic heterocycles. The predicted octanol–water partition coefficient (Wildman–Crippen LogP) is 2.57. The van der Waals surface area contributed by atoms with Crippen LogP contribution in [-0.4, -0.2) is 20.1 Å². The second kappa shape index (κ2) is 6.27. The summed E-state index contributed by atoms with van der Waals surface area (Å²) >= 11 is 0. The summed E-state index contributed by atoms with van der Waals surface area (Å²) in [6.45, 7) is 5.22. The van der Waals surface area contributed by atoms with Gasteiger partial charge in [0.15, 0.2) is 0 Å². The first kappa shape index (κ1) is 13.5. The monoisotopic (exact) mass is 234 g/mol. The van der Waals surface area contributed by atoms with E-state index in [0.29, 0.717) is 12.1 Å². The fourth-order valence-corrected chi connectivity index (χ4v) is 1.92. The van der Waals surface area contributed by atoms with Crippen molar-refractivity contribution in [1.29, 1.82) is 0 Å². The lowest BCUT2D eigenvalue weighted by Gasteiger charge is -2.24. The highest BCUT2D eigenvalue weighted by Gasteiger charge is 2.16. The first-order valence-corrected chi connectivity index (χ1v) is 5.78. The Hall–Kier alpha value is -1.53. The summed E-state index contributed by atoms with van der Waals surface area (Å²) in [5, 5.41) is 3.22. The first-order valence-electron chi connectivity index (χ1n) is 5.78. The SMILES string of the molecule is C#CCN(C)c1cccc(F)c1C(C)NCC. The van der Waals surface area contributed by atoms with Gasteiger partial charge in [0.2, 0.25) is 0 Å². The molecule has 0 saturated carbocycles. The second-order valence-corrected chi connectivity index (χ2v) is 4.01. The minimum absolute atomic E-state index is 0.0311. The van der Waals surface area contributed by atoms with Crippen LogP contribution in [0.1, 0.15) is 25.5 Å². The number of hydrogen-bond acceptors (Lipinski definition) is 2. The predicted molar refractivity (Wildman–Crippen MR) is 70.6 cm³/mol. The van der Waals surface area contributed by atoms with Gasteiger partial charge >= 0.3 is 0 Å². The Morgan fingerprint density at radius 1 is 1.53 bits per heavy atom. The number of rotatable bonds is 5. The molecule has 0 bridgehead atoms. The third-order valence-corrected chi connectivity index (χ3v) is 2.71. The quantitative estimate of drug-likeness (QED) is 0.788. The summed E-state index contributed by atoms with van der Waals surface area (Å²) in [4.78, 5) is 1.88. The maximum absolute atomic E-state index is 13.9. The third-order valence-electron chi connectivity index (χ3n) is 2.71. The van der Waals surface area contributed by atoms with E-state index in [1.807, 2.05) is 31.9 Å². The topological polar surface area (TPSA) is 15.3 Å². The van der Waals surface area contributed by atoms with Gasteiger partial charge in [0, 0.05) is 24.3 Å². The number of terminal acetylenes is 1. The zero-order valence-electron chi connectivity index (χ0n) is 10.6. The van der Waals surface area contributed by atoms with Crippen molar-refractivity contribution in [2.24, 2.45) is 0 Å². The summed E-state index contributed by atoms with van der Waals surface area (Å²) in [6, 6.07) is 5.05. The molecule has 0 aliphatic rings. The van der Waals surface area contributed by atoms with Gasteiger partial charge in [-0.15, -0.1) is 6.42 Å². The Morgan fingerprint density at radius 3 is 2.82 bits per heavy atom. The molecular formula is C14H19FN2. The van der Waals surface area contributed by atoms with Crippen LogP contribution < -0.4 is 10.2 Å². The molecule has 0 spiro atoms. The molecular weight excluding hydrogens is 215 g/mol. The molecule has 0 amide bonds. The van der Waals surface area contributed by atoms with E-state index < -0.39 is 0 Å². The van der Waals surface area contributed by atoms with Crippen molar-refractivity contribution in [2.75, 3.05) is 25.0 Å². The van der Waals surface area contributed by atoms with Crippen molar-refractivity contribution < 1.29 is 4.39 Å². The van der Waals surface area contributed by atoms with Gasteiger partial charge < -0.3 is 10.2 Å². The van der Waals surface area contributed by atoms with E-state index >= 15 is 0 Å². The van der Waals surface area contributed by atoms with Gasteiger partial charge in [-0.25, -0.2) is 4.39 Å². The number of nitrogens with zero attached hydrogens (tertiary/aromatic N) is 1. The molecule has 3 heteroatoms. The fourth-order valence-electron chi connectivity index (χ4n) is 1.92. The Morgan fingerprint density at radius 2 is 2.24 bits per heavy atom. The Labute approximate surface area is 103 Å². The lowest BCUT2D eigenvalue weighted by molar-refractivity contribution is 0.540. The summed E-state index contributed by atoms with van der Waals surface area (Å²) in [7, 11) is 1.87. The van der Waals surface area contributed by atoms with Crippen LogP contribution in [0.4, 0.5) is 10.1 Å². The Kier molecular flexibility index (Phi) is 4.99. The van der Waals surface area contributed by atoms with E-state index in [4.69, 9.17) is 6.42 Å². The van der Waals surface area contributed by atoms with E-state index in [2.05, 4.69) is 11.2 Å². The average molecular weight is 234 g/mol. The van der Waals surface area contributed by atoms with Crippen LogP contribution in [0.2, 0.25) is 0 Å². The molecule has 1 atom stereocenters. The Bertz CT molecular complexity index is 409. The van der Waals surface area contributed by atoms with E-state index in [1.54, 1.807) is 6.07 Å². The van der Waals surface area contributed by atoms with Crippen LogP contribution in [0.3, 0.4) is 0 Å². The highest BCUT2D eigenvalue weighted by Crippen LogP contribution is 2.28. The molecule has 0 aliphatic heterocycles. The molecule has 1 N–H and O–H groups in total. The van der Waals surface area contributed by atoms with Crippen LogP contribution in [0.5, 0.6) is 0 Å². The van der Waals surface area contributed by atoms with Crippen LogP contribution in [-0.2, 0) is 0 Å². The maximum Gasteiger partial charge on any atom is 0.130 e. The third kappa shape index (κ3) is 3.21. The van der Waals surface area contributed by atoms with Gasteiger partial charge in [-0.05, 0) is 25.6 Å². The van der Waals surface area contributed by atoms with Gasteiger partial charge in [0.1, 0.15) is 5.82 Å². The van der Waals surface area contributed by atoms with Crippen molar-refractivity contribution in [3.63, 3.8) is 0 Å². The summed E-state index contributed by atoms with van der Waals surface area (Å²) in [6.07, 6.45) is 5.29. The van der Waals surface area contributed by atoms with Crippen LogP contribution in [0.25, 0.3) is 0 Å². The number of benzene rings is 1. The molecule has 1 aromatic rings. The Balaban J connectivity index is 3.12. The highest BCUT2D eigenvalue weighted by atomic mass is 19.1. The van der Waals surface area contributed by atoms with Crippen molar-refractivity contribution in [3.05, 3.63) is 29.6 Å². The normalized spacial score (nSPS) is 11.9. The van der Waals surface area contributed by atoms with Gasteiger partial charge in [-0.3, -0.25) is 0 Å². The summed E-state index contributed by atoms with van der Waals surface area (Å²) < 4.78 is 13.9. The zero-order valence-corrected chi connectivity index (χ0v) is 10.6. The fraction of sp³-hybridized carbons (Fsp3) is 0.429. The van der Waals surface area contributed by atoms with Gasteiger partial charge in [0.05, 0.1) is 6.54 Å². The molecule has 0 saturated heterocycles. The smallest absolute Gasteiger partial charge is 0.130 e. The van der Waals surface area contributed by atoms with E-state index in [9.17, 15) is 4.39 Å². The number of nitrogens with one attached hydrogen (secondary N) is 1. The van der Waals surface area contributed by atoms with Crippen molar-refractivity contribution in [2.45, 2.75) is 19.9 Å². The molecule has 2 nitrogen and oxygen atoms in total. The van der Waals surface area contributed by atoms with Gasteiger partial charge in [0.25, 0.3) is 0 Å². The number of halogens is 1. The molecule has 0 aliphatic carbocycles.